The molecule has 0 saturated heterocycles. The zero-order chi connectivity index (χ0) is 13.4. The van der Waals surface area contributed by atoms with Crippen LogP contribution in [-0.2, 0) is 4.79 Å². The van der Waals surface area contributed by atoms with Crippen molar-refractivity contribution >= 4 is 23.4 Å². The lowest BCUT2D eigenvalue weighted by Crippen LogP contribution is -2.25. The number of benzene rings is 1. The molecule has 0 spiro atoms. The molecule has 6 heteroatoms. The number of nitrogens with one attached hydrogen (secondary N) is 1. The van der Waals surface area contributed by atoms with Crippen LogP contribution in [-0.4, -0.2) is 25.3 Å². The van der Waals surface area contributed by atoms with Crippen LogP contribution in [0.25, 0.3) is 0 Å². The van der Waals surface area contributed by atoms with E-state index >= 15 is 0 Å². The average molecular weight is 265 g/mol. The van der Waals surface area contributed by atoms with Crippen LogP contribution in [0, 0.1) is 11.3 Å². The maximum absolute atomic E-state index is 11.4. The minimum Gasteiger partial charge on any atom is -0.497 e. The molecule has 18 heavy (non-hydrogen) atoms. The van der Waals surface area contributed by atoms with E-state index in [4.69, 9.17) is 15.7 Å². The molecule has 0 fully saturated rings. The van der Waals surface area contributed by atoms with Crippen molar-refractivity contribution in [3.8, 4) is 11.8 Å². The molecule has 0 aliphatic rings. The molecule has 0 bridgehead atoms. The van der Waals surface area contributed by atoms with Gasteiger partial charge in [0.25, 0.3) is 0 Å². The Morgan fingerprint density at radius 2 is 2.39 bits per heavy atom. The van der Waals surface area contributed by atoms with Crippen LogP contribution in [0.1, 0.15) is 6.42 Å². The molecule has 0 aliphatic heterocycles. The molecule has 0 unspecified atom stereocenters. The number of carbonyl (C=O) groups excluding carboxylic acids is 1. The average Bonchev–Trinajstić information content (AvgIpc) is 2.38. The summed E-state index contributed by atoms with van der Waals surface area (Å²) in [5.41, 5.74) is 6.42. The van der Waals surface area contributed by atoms with Crippen LogP contribution in [0.2, 0.25) is 0 Å². The summed E-state index contributed by atoms with van der Waals surface area (Å²) in [5.74, 6) is 0.858. The van der Waals surface area contributed by atoms with E-state index in [1.807, 2.05) is 6.07 Å². The maximum atomic E-state index is 11.4. The number of thioether (sulfide) groups is 1. The van der Waals surface area contributed by atoms with Gasteiger partial charge in [-0.05, 0) is 18.2 Å². The number of anilines is 1. The van der Waals surface area contributed by atoms with Crippen LogP contribution in [0.15, 0.2) is 23.1 Å². The van der Waals surface area contributed by atoms with E-state index in [0.29, 0.717) is 24.4 Å². The molecular weight excluding hydrogens is 250 g/mol. The second-order valence-corrected chi connectivity index (χ2v) is 4.47. The van der Waals surface area contributed by atoms with Crippen molar-refractivity contribution in [1.29, 1.82) is 5.26 Å². The van der Waals surface area contributed by atoms with Gasteiger partial charge in [0, 0.05) is 17.1 Å². The molecule has 0 saturated carbocycles. The number of amides is 1. The SMILES string of the molecule is COc1ccc(N)c(SCC(=O)NCCC#N)c1. The van der Waals surface area contributed by atoms with E-state index in [1.165, 1.54) is 11.8 Å². The Morgan fingerprint density at radius 3 is 3.06 bits per heavy atom. The molecule has 1 rings (SSSR count). The predicted molar refractivity (Wildman–Crippen MR) is 71.4 cm³/mol. The van der Waals surface area contributed by atoms with Gasteiger partial charge in [0.05, 0.1) is 25.4 Å². The molecule has 0 heterocycles. The third-order valence-corrected chi connectivity index (χ3v) is 3.21. The Kier molecular flexibility index (Phi) is 5.88. The molecule has 0 radical (unpaired) electrons. The molecule has 1 amide bonds. The fraction of sp³-hybridized carbons (Fsp3) is 0.333. The molecule has 5 nitrogen and oxygen atoms in total. The lowest BCUT2D eigenvalue weighted by atomic mass is 10.3. The number of nitrogen functional groups attached to an aromatic ring is 1. The van der Waals surface area contributed by atoms with Crippen LogP contribution in [0.4, 0.5) is 5.69 Å². The van der Waals surface area contributed by atoms with Crippen molar-refractivity contribution in [2.24, 2.45) is 0 Å². The molecular formula is C12H15N3O2S. The monoisotopic (exact) mass is 265 g/mol. The number of nitriles is 1. The first-order chi connectivity index (χ1) is 8.67. The first-order valence-electron chi connectivity index (χ1n) is 5.37. The van der Waals surface area contributed by atoms with Crippen LogP contribution < -0.4 is 15.8 Å². The van der Waals surface area contributed by atoms with Gasteiger partial charge in [0.2, 0.25) is 5.91 Å². The first-order valence-corrected chi connectivity index (χ1v) is 6.36. The maximum Gasteiger partial charge on any atom is 0.230 e. The lowest BCUT2D eigenvalue weighted by molar-refractivity contribution is -0.118. The lowest BCUT2D eigenvalue weighted by Gasteiger charge is -2.07. The number of rotatable bonds is 6. The van der Waals surface area contributed by atoms with Crippen molar-refractivity contribution in [3.63, 3.8) is 0 Å². The number of ether oxygens (including phenoxy) is 1. The van der Waals surface area contributed by atoms with Gasteiger partial charge in [-0.25, -0.2) is 0 Å². The molecule has 0 atom stereocenters. The van der Waals surface area contributed by atoms with Crippen molar-refractivity contribution in [1.82, 2.24) is 5.32 Å². The first kappa shape index (κ1) is 14.2. The van der Waals surface area contributed by atoms with Crippen molar-refractivity contribution in [2.45, 2.75) is 11.3 Å². The Labute approximate surface area is 110 Å². The summed E-state index contributed by atoms with van der Waals surface area (Å²) in [6.45, 7) is 0.378. The minimum atomic E-state index is -0.113. The highest BCUT2D eigenvalue weighted by molar-refractivity contribution is 8.00. The predicted octanol–water partition coefficient (Wildman–Crippen LogP) is 1.40. The van der Waals surface area contributed by atoms with Gasteiger partial charge in [-0.1, -0.05) is 0 Å². The van der Waals surface area contributed by atoms with Crippen molar-refractivity contribution in [3.05, 3.63) is 18.2 Å². The Hall–Kier alpha value is -1.87. The molecule has 96 valence electrons. The largest absolute Gasteiger partial charge is 0.497 e. The fourth-order valence-electron chi connectivity index (χ4n) is 1.22. The number of methoxy groups -OCH3 is 1. The Morgan fingerprint density at radius 1 is 1.61 bits per heavy atom. The summed E-state index contributed by atoms with van der Waals surface area (Å²) in [6.07, 6.45) is 0.317. The van der Waals surface area contributed by atoms with Gasteiger partial charge in [-0.3, -0.25) is 4.79 Å². The highest BCUT2D eigenvalue weighted by atomic mass is 32.2. The Bertz CT molecular complexity index is 457. The quantitative estimate of drug-likeness (QED) is 0.461. The van der Waals surface area contributed by atoms with Gasteiger partial charge in [0.1, 0.15) is 5.75 Å². The molecule has 1 aromatic rings. The van der Waals surface area contributed by atoms with Gasteiger partial charge in [-0.2, -0.15) is 5.26 Å². The molecule has 0 aromatic heterocycles. The third-order valence-electron chi connectivity index (χ3n) is 2.14. The van der Waals surface area contributed by atoms with E-state index < -0.39 is 0 Å². The summed E-state index contributed by atoms with van der Waals surface area (Å²) >= 11 is 1.34. The molecule has 3 N–H and O–H groups in total. The van der Waals surface area contributed by atoms with E-state index in [0.717, 1.165) is 4.90 Å². The zero-order valence-corrected chi connectivity index (χ0v) is 10.9. The van der Waals surface area contributed by atoms with Crippen LogP contribution in [0.5, 0.6) is 5.75 Å². The number of nitrogens with zero attached hydrogens (tertiary/aromatic N) is 1. The van der Waals surface area contributed by atoms with Gasteiger partial charge in [-0.15, -0.1) is 11.8 Å². The molecule has 0 aliphatic carbocycles. The Balaban J connectivity index is 2.48. The summed E-state index contributed by atoms with van der Waals surface area (Å²) in [7, 11) is 1.58. The van der Waals surface area contributed by atoms with Gasteiger partial charge in [0.15, 0.2) is 0 Å². The zero-order valence-electron chi connectivity index (χ0n) is 10.1. The van der Waals surface area contributed by atoms with E-state index in [2.05, 4.69) is 5.32 Å². The topological polar surface area (TPSA) is 88.1 Å². The summed E-state index contributed by atoms with van der Waals surface area (Å²) in [4.78, 5) is 12.3. The summed E-state index contributed by atoms with van der Waals surface area (Å²) < 4.78 is 5.09. The highest BCUT2D eigenvalue weighted by Gasteiger charge is 2.06. The fourth-order valence-corrected chi connectivity index (χ4v) is 2.04. The van der Waals surface area contributed by atoms with Crippen molar-refractivity contribution in [2.75, 3.05) is 25.1 Å². The summed E-state index contributed by atoms with van der Waals surface area (Å²) in [6, 6.07) is 7.27. The van der Waals surface area contributed by atoms with E-state index in [9.17, 15) is 4.79 Å². The molecule has 1 aromatic carbocycles. The number of carbonyl (C=O) groups is 1. The van der Waals surface area contributed by atoms with Gasteiger partial charge >= 0.3 is 0 Å². The highest BCUT2D eigenvalue weighted by Crippen LogP contribution is 2.28. The van der Waals surface area contributed by atoms with Crippen LogP contribution >= 0.6 is 11.8 Å². The number of hydrogen-bond donors (Lipinski definition) is 2. The van der Waals surface area contributed by atoms with Crippen LogP contribution in [0.3, 0.4) is 0 Å². The second-order valence-electron chi connectivity index (χ2n) is 3.45. The second kappa shape index (κ2) is 7.45. The van der Waals surface area contributed by atoms with E-state index in [1.54, 1.807) is 25.3 Å². The number of hydrogen-bond acceptors (Lipinski definition) is 5. The van der Waals surface area contributed by atoms with Gasteiger partial charge < -0.3 is 15.8 Å². The van der Waals surface area contributed by atoms with E-state index in [-0.39, 0.29) is 11.7 Å². The van der Waals surface area contributed by atoms with Crippen molar-refractivity contribution < 1.29 is 9.53 Å². The smallest absolute Gasteiger partial charge is 0.230 e. The summed E-state index contributed by atoms with van der Waals surface area (Å²) in [5, 5.41) is 11.0. The number of nitrogens with two attached hydrogens (primary N) is 1. The minimum absolute atomic E-state index is 0.113. The standard InChI is InChI=1S/C12H15N3O2S/c1-17-9-3-4-10(14)11(7-9)18-8-12(16)15-6-2-5-13/h3-4,7H,2,6,8,14H2,1H3,(H,15,16). The normalized spacial score (nSPS) is 9.56. The third kappa shape index (κ3) is 4.55.